The maximum atomic E-state index is 2.32. The molecule has 0 aliphatic rings. The van der Waals surface area contributed by atoms with Crippen molar-refractivity contribution in [1.82, 2.24) is 0 Å². The van der Waals surface area contributed by atoms with Crippen molar-refractivity contribution in [3.8, 4) is 33.4 Å². The Balaban J connectivity index is 1.50. The van der Waals surface area contributed by atoms with Gasteiger partial charge in [-0.05, 0) is 87.2 Å². The van der Waals surface area contributed by atoms with Gasteiger partial charge in [0.05, 0.1) is 0 Å². The number of fused-ring (bicyclic) bond motifs is 5. The van der Waals surface area contributed by atoms with E-state index < -0.39 is 0 Å². The molecule has 9 rings (SSSR count). The van der Waals surface area contributed by atoms with Gasteiger partial charge in [0.15, 0.2) is 0 Å². The van der Waals surface area contributed by atoms with Gasteiger partial charge in [-0.3, -0.25) is 0 Å². The second-order valence-electron chi connectivity index (χ2n) is 11.6. The van der Waals surface area contributed by atoms with Crippen LogP contribution in [0, 0.1) is 0 Å². The molecule has 204 valence electrons. The molecule has 0 heteroatoms. The molecule has 0 bridgehead atoms. The third-order valence-electron chi connectivity index (χ3n) is 9.23. The van der Waals surface area contributed by atoms with Crippen molar-refractivity contribution in [2.75, 3.05) is 0 Å². The van der Waals surface area contributed by atoms with Gasteiger partial charge in [-0.25, -0.2) is 0 Å². The number of benzene rings is 9. The Bertz CT molecular complexity index is 2420. The van der Waals surface area contributed by atoms with E-state index in [9.17, 15) is 0 Å². The van der Waals surface area contributed by atoms with Gasteiger partial charge in [0.2, 0.25) is 0 Å². The van der Waals surface area contributed by atoms with Crippen molar-refractivity contribution in [2.24, 2.45) is 0 Å². The summed E-state index contributed by atoms with van der Waals surface area (Å²) >= 11 is 0. The molecular formula is C44H28. The van der Waals surface area contributed by atoms with E-state index in [2.05, 4.69) is 170 Å². The van der Waals surface area contributed by atoms with Crippen LogP contribution >= 0.6 is 0 Å². The summed E-state index contributed by atoms with van der Waals surface area (Å²) in [6.07, 6.45) is 0. The summed E-state index contributed by atoms with van der Waals surface area (Å²) in [5.74, 6) is 0. The fourth-order valence-electron chi connectivity index (χ4n) is 7.44. The highest BCUT2D eigenvalue weighted by Gasteiger charge is 2.22. The molecule has 0 atom stereocenters. The first kappa shape index (κ1) is 24.8. The lowest BCUT2D eigenvalue weighted by Crippen LogP contribution is -1.94. The van der Waals surface area contributed by atoms with Gasteiger partial charge in [-0.2, -0.15) is 0 Å². The van der Waals surface area contributed by atoms with Gasteiger partial charge in [-0.1, -0.05) is 170 Å². The molecule has 9 aromatic rings. The highest BCUT2D eigenvalue weighted by atomic mass is 14.2. The molecule has 0 nitrogen and oxygen atoms in total. The SMILES string of the molecule is c1ccc(-c2c3ccccc3c(-c3c4ccccc4c(-c4cccc5ccccc45)c4ccccc34)c3ccccc23)cc1. The molecule has 0 aliphatic carbocycles. The highest BCUT2D eigenvalue weighted by molar-refractivity contribution is 6.30. The molecule has 0 aromatic heterocycles. The molecule has 0 saturated heterocycles. The minimum atomic E-state index is 1.24. The molecular weight excluding hydrogens is 528 g/mol. The van der Waals surface area contributed by atoms with Gasteiger partial charge in [0.1, 0.15) is 0 Å². The lowest BCUT2D eigenvalue weighted by atomic mass is 9.80. The number of hydrogen-bond acceptors (Lipinski definition) is 0. The summed E-state index contributed by atoms with van der Waals surface area (Å²) < 4.78 is 0. The minimum Gasteiger partial charge on any atom is -0.0622 e. The second-order valence-corrected chi connectivity index (χ2v) is 11.6. The summed E-state index contributed by atoms with van der Waals surface area (Å²) in [6.45, 7) is 0. The van der Waals surface area contributed by atoms with E-state index in [0.717, 1.165) is 0 Å². The van der Waals surface area contributed by atoms with Crippen LogP contribution < -0.4 is 0 Å². The van der Waals surface area contributed by atoms with E-state index >= 15 is 0 Å². The Hall–Kier alpha value is -5.72. The van der Waals surface area contributed by atoms with Crippen molar-refractivity contribution >= 4 is 53.9 Å². The highest BCUT2D eigenvalue weighted by Crippen LogP contribution is 2.50. The average Bonchev–Trinajstić information content (AvgIpc) is 3.10. The van der Waals surface area contributed by atoms with E-state index in [-0.39, 0.29) is 0 Å². The van der Waals surface area contributed by atoms with Crippen LogP contribution in [0.4, 0.5) is 0 Å². The molecule has 0 aliphatic heterocycles. The predicted octanol–water partition coefficient (Wildman–Crippen LogP) is 12.5. The van der Waals surface area contributed by atoms with Gasteiger partial charge in [0, 0.05) is 0 Å². The lowest BCUT2D eigenvalue weighted by molar-refractivity contribution is 1.66. The Kier molecular flexibility index (Phi) is 5.61. The fourth-order valence-corrected chi connectivity index (χ4v) is 7.44. The van der Waals surface area contributed by atoms with E-state index in [1.807, 2.05) is 0 Å². The molecule has 0 heterocycles. The van der Waals surface area contributed by atoms with Gasteiger partial charge < -0.3 is 0 Å². The largest absolute Gasteiger partial charge is 0.0622 e. The fraction of sp³-hybridized carbons (Fsp3) is 0. The molecule has 0 spiro atoms. The van der Waals surface area contributed by atoms with Crippen LogP contribution in [-0.2, 0) is 0 Å². The summed E-state index contributed by atoms with van der Waals surface area (Å²) in [4.78, 5) is 0. The predicted molar refractivity (Wildman–Crippen MR) is 190 cm³/mol. The van der Waals surface area contributed by atoms with Crippen molar-refractivity contribution in [3.05, 3.63) is 170 Å². The standard InChI is InChI=1S/C44H28/c1-2-16-30(17-3-1)41-33-20-6-10-24-37(33)43(38-25-11-7-21-34(38)41)44-39-26-12-8-22-35(39)42(36-23-9-13-27-40(36)44)32-28-14-18-29-15-4-5-19-31(29)32/h1-28H. The summed E-state index contributed by atoms with van der Waals surface area (Å²) in [5, 5.41) is 12.7. The van der Waals surface area contributed by atoms with Crippen LogP contribution in [-0.4, -0.2) is 0 Å². The first-order valence-corrected chi connectivity index (χ1v) is 15.3. The first-order valence-electron chi connectivity index (χ1n) is 15.3. The molecule has 44 heavy (non-hydrogen) atoms. The number of hydrogen-bond donors (Lipinski definition) is 0. The summed E-state index contributed by atoms with van der Waals surface area (Å²) in [6, 6.07) is 62.2. The molecule has 9 aromatic carbocycles. The average molecular weight is 557 g/mol. The summed E-state index contributed by atoms with van der Waals surface area (Å²) in [7, 11) is 0. The van der Waals surface area contributed by atoms with Crippen LogP contribution in [0.5, 0.6) is 0 Å². The van der Waals surface area contributed by atoms with Gasteiger partial charge >= 0.3 is 0 Å². The van der Waals surface area contributed by atoms with Gasteiger partial charge in [0.25, 0.3) is 0 Å². The van der Waals surface area contributed by atoms with Gasteiger partial charge in [-0.15, -0.1) is 0 Å². The van der Waals surface area contributed by atoms with Crippen LogP contribution in [0.1, 0.15) is 0 Å². The van der Waals surface area contributed by atoms with Crippen LogP contribution in [0.3, 0.4) is 0 Å². The molecule has 0 saturated carbocycles. The van der Waals surface area contributed by atoms with E-state index in [1.54, 1.807) is 0 Å². The van der Waals surface area contributed by atoms with Crippen LogP contribution in [0.2, 0.25) is 0 Å². The lowest BCUT2D eigenvalue weighted by Gasteiger charge is -2.22. The van der Waals surface area contributed by atoms with E-state index in [1.165, 1.54) is 87.2 Å². The first-order chi connectivity index (χ1) is 21.9. The normalized spacial score (nSPS) is 11.6. The van der Waals surface area contributed by atoms with Crippen molar-refractivity contribution in [2.45, 2.75) is 0 Å². The Morgan fingerprint density at radius 3 is 1.02 bits per heavy atom. The van der Waals surface area contributed by atoms with Crippen molar-refractivity contribution in [3.63, 3.8) is 0 Å². The molecule has 0 unspecified atom stereocenters. The molecule has 0 radical (unpaired) electrons. The number of rotatable bonds is 3. The Morgan fingerprint density at radius 2 is 0.545 bits per heavy atom. The molecule has 0 N–H and O–H groups in total. The van der Waals surface area contributed by atoms with E-state index in [0.29, 0.717) is 0 Å². The van der Waals surface area contributed by atoms with E-state index in [4.69, 9.17) is 0 Å². The topological polar surface area (TPSA) is 0 Å². The Labute approximate surface area is 256 Å². The third-order valence-corrected chi connectivity index (χ3v) is 9.23. The summed E-state index contributed by atoms with van der Waals surface area (Å²) in [5.41, 5.74) is 7.71. The van der Waals surface area contributed by atoms with Crippen molar-refractivity contribution in [1.29, 1.82) is 0 Å². The second kappa shape index (κ2) is 9.93. The zero-order valence-corrected chi connectivity index (χ0v) is 24.2. The Morgan fingerprint density at radius 1 is 0.205 bits per heavy atom. The van der Waals surface area contributed by atoms with Crippen molar-refractivity contribution < 1.29 is 0 Å². The van der Waals surface area contributed by atoms with Crippen LogP contribution in [0.15, 0.2) is 170 Å². The molecule has 0 fully saturated rings. The minimum absolute atomic E-state index is 1.24. The quantitative estimate of drug-likeness (QED) is 0.190. The maximum absolute atomic E-state index is 2.32. The maximum Gasteiger partial charge on any atom is -0.00139 e. The third kappa shape index (κ3) is 3.65. The zero-order chi connectivity index (χ0) is 29.0. The zero-order valence-electron chi connectivity index (χ0n) is 24.2. The monoisotopic (exact) mass is 556 g/mol. The smallest absolute Gasteiger partial charge is 0.00139 e. The van der Waals surface area contributed by atoms with Crippen LogP contribution in [0.25, 0.3) is 87.2 Å². The molecule has 0 amide bonds.